The molecule has 2 amide bonds. The molecule has 4 saturated carbocycles. The monoisotopic (exact) mass is 333 g/mol. The lowest BCUT2D eigenvalue weighted by Crippen LogP contribution is -2.59. The highest BCUT2D eigenvalue weighted by molar-refractivity contribution is 5.84. The molecule has 1 saturated heterocycles. The van der Waals surface area contributed by atoms with Crippen LogP contribution in [-0.4, -0.2) is 54.3 Å². The van der Waals surface area contributed by atoms with Gasteiger partial charge in [0, 0.05) is 38.6 Å². The molecule has 4 bridgehead atoms. The van der Waals surface area contributed by atoms with Gasteiger partial charge in [-0.2, -0.15) is 0 Å². The average molecular weight is 333 g/mol. The highest BCUT2D eigenvalue weighted by Crippen LogP contribution is 2.60. The Morgan fingerprint density at radius 3 is 1.88 bits per heavy atom. The summed E-state index contributed by atoms with van der Waals surface area (Å²) >= 11 is 0. The summed E-state index contributed by atoms with van der Waals surface area (Å²) < 4.78 is 0. The third kappa shape index (κ3) is 2.65. The van der Waals surface area contributed by atoms with Crippen LogP contribution in [-0.2, 0) is 9.59 Å². The minimum Gasteiger partial charge on any atom is -0.339 e. The van der Waals surface area contributed by atoms with E-state index in [9.17, 15) is 9.59 Å². The van der Waals surface area contributed by atoms with Crippen molar-refractivity contribution in [3.8, 4) is 0 Å². The Kier molecular flexibility index (Phi) is 4.10. The number of hydrogen-bond acceptors (Lipinski definition) is 3. The van der Waals surface area contributed by atoms with E-state index in [1.165, 1.54) is 19.3 Å². The minimum absolute atomic E-state index is 0.0501. The van der Waals surface area contributed by atoms with Crippen molar-refractivity contribution in [3.05, 3.63) is 0 Å². The second kappa shape index (κ2) is 6.01. The van der Waals surface area contributed by atoms with E-state index in [0.717, 1.165) is 37.0 Å². The van der Waals surface area contributed by atoms with E-state index < -0.39 is 0 Å². The molecule has 4 aliphatic carbocycles. The smallest absolute Gasteiger partial charge is 0.228 e. The van der Waals surface area contributed by atoms with Crippen LogP contribution in [0.3, 0.4) is 0 Å². The van der Waals surface area contributed by atoms with E-state index in [1.54, 1.807) is 0 Å². The molecule has 0 spiro atoms. The predicted molar refractivity (Wildman–Crippen MR) is 92.0 cm³/mol. The van der Waals surface area contributed by atoms with Crippen molar-refractivity contribution < 1.29 is 9.59 Å². The highest BCUT2D eigenvalue weighted by atomic mass is 16.2. The van der Waals surface area contributed by atoms with Crippen LogP contribution >= 0.6 is 0 Å². The van der Waals surface area contributed by atoms with Gasteiger partial charge in [0.15, 0.2) is 0 Å². The first-order chi connectivity index (χ1) is 11.5. The number of piperazine rings is 1. The Hall–Kier alpha value is -1.10. The fourth-order valence-electron chi connectivity index (χ4n) is 6.25. The van der Waals surface area contributed by atoms with Crippen molar-refractivity contribution in [2.24, 2.45) is 34.8 Å². The van der Waals surface area contributed by atoms with E-state index >= 15 is 0 Å². The molecule has 0 aromatic rings. The molecule has 1 atom stereocenters. The minimum atomic E-state index is -0.115. The number of hydrogen-bond donors (Lipinski definition) is 1. The van der Waals surface area contributed by atoms with E-state index in [1.807, 2.05) is 11.8 Å². The molecular weight excluding hydrogens is 302 g/mol. The molecule has 0 radical (unpaired) electrons. The van der Waals surface area contributed by atoms with Crippen LogP contribution in [0.25, 0.3) is 0 Å². The summed E-state index contributed by atoms with van der Waals surface area (Å²) in [6.45, 7) is 5.01. The topological polar surface area (TPSA) is 66.6 Å². The SMILES string of the molecule is CC(CN)C(=O)N1CCN(C(=O)C23CC4CC(CC(C4)C2)C3)CC1. The van der Waals surface area contributed by atoms with Crippen molar-refractivity contribution in [1.29, 1.82) is 0 Å². The van der Waals surface area contributed by atoms with Gasteiger partial charge < -0.3 is 15.5 Å². The molecular formula is C19H31N3O2. The van der Waals surface area contributed by atoms with Gasteiger partial charge in [-0.05, 0) is 56.3 Å². The second-order valence-electron chi connectivity index (χ2n) is 8.95. The lowest BCUT2D eigenvalue weighted by molar-refractivity contribution is -0.161. The van der Waals surface area contributed by atoms with Crippen LogP contribution in [0.4, 0.5) is 0 Å². The summed E-state index contributed by atoms with van der Waals surface area (Å²) in [5.41, 5.74) is 5.56. The largest absolute Gasteiger partial charge is 0.339 e. The first-order valence-corrected chi connectivity index (χ1v) is 9.79. The van der Waals surface area contributed by atoms with Crippen LogP contribution < -0.4 is 5.73 Å². The van der Waals surface area contributed by atoms with Crippen molar-refractivity contribution in [2.75, 3.05) is 32.7 Å². The van der Waals surface area contributed by atoms with E-state index in [2.05, 4.69) is 4.90 Å². The van der Waals surface area contributed by atoms with Gasteiger partial charge in [0.05, 0.1) is 5.41 Å². The van der Waals surface area contributed by atoms with E-state index in [0.29, 0.717) is 38.6 Å². The average Bonchev–Trinajstić information content (AvgIpc) is 2.58. The lowest BCUT2D eigenvalue weighted by Gasteiger charge is -2.57. The summed E-state index contributed by atoms with van der Waals surface area (Å²) in [4.78, 5) is 29.5. The molecule has 1 heterocycles. The Morgan fingerprint density at radius 1 is 0.958 bits per heavy atom. The Bertz CT molecular complexity index is 489. The number of nitrogens with zero attached hydrogens (tertiary/aromatic N) is 2. The number of rotatable bonds is 3. The predicted octanol–water partition coefficient (Wildman–Crippen LogP) is 1.47. The van der Waals surface area contributed by atoms with Crippen LogP contribution in [0.2, 0.25) is 0 Å². The van der Waals surface area contributed by atoms with Gasteiger partial charge in [-0.15, -0.1) is 0 Å². The van der Waals surface area contributed by atoms with Gasteiger partial charge in [0.1, 0.15) is 0 Å². The molecule has 5 rings (SSSR count). The van der Waals surface area contributed by atoms with E-state index in [4.69, 9.17) is 5.73 Å². The third-order valence-electron chi connectivity index (χ3n) is 7.15. The Labute approximate surface area is 144 Å². The Balaban J connectivity index is 1.39. The van der Waals surface area contributed by atoms with Gasteiger partial charge in [-0.3, -0.25) is 9.59 Å². The van der Waals surface area contributed by atoms with E-state index in [-0.39, 0.29) is 17.2 Å². The van der Waals surface area contributed by atoms with Crippen LogP contribution in [0.15, 0.2) is 0 Å². The van der Waals surface area contributed by atoms with Crippen molar-refractivity contribution in [1.82, 2.24) is 9.80 Å². The number of amides is 2. The van der Waals surface area contributed by atoms with Gasteiger partial charge in [-0.1, -0.05) is 6.92 Å². The van der Waals surface area contributed by atoms with Gasteiger partial charge in [-0.25, -0.2) is 0 Å². The molecule has 1 unspecified atom stereocenters. The van der Waals surface area contributed by atoms with Gasteiger partial charge in [0.25, 0.3) is 0 Å². The number of carbonyl (C=O) groups is 2. The van der Waals surface area contributed by atoms with Crippen LogP contribution in [0.5, 0.6) is 0 Å². The summed E-state index contributed by atoms with van der Waals surface area (Å²) in [6.07, 6.45) is 7.48. The number of nitrogens with two attached hydrogens (primary N) is 1. The molecule has 0 aromatic heterocycles. The zero-order valence-electron chi connectivity index (χ0n) is 14.9. The maximum Gasteiger partial charge on any atom is 0.228 e. The summed E-state index contributed by atoms with van der Waals surface area (Å²) in [7, 11) is 0. The van der Waals surface area contributed by atoms with Crippen LogP contribution in [0, 0.1) is 29.1 Å². The van der Waals surface area contributed by atoms with Crippen molar-refractivity contribution in [2.45, 2.75) is 45.4 Å². The van der Waals surface area contributed by atoms with Crippen LogP contribution in [0.1, 0.15) is 45.4 Å². The van der Waals surface area contributed by atoms with Crippen molar-refractivity contribution >= 4 is 11.8 Å². The lowest BCUT2D eigenvalue weighted by atomic mass is 9.49. The Morgan fingerprint density at radius 2 is 1.42 bits per heavy atom. The van der Waals surface area contributed by atoms with Crippen molar-refractivity contribution in [3.63, 3.8) is 0 Å². The molecule has 5 heteroatoms. The fraction of sp³-hybridized carbons (Fsp3) is 0.895. The summed E-state index contributed by atoms with van der Waals surface area (Å²) in [6, 6.07) is 0. The fourth-order valence-corrected chi connectivity index (χ4v) is 6.25. The molecule has 0 aromatic carbocycles. The zero-order chi connectivity index (χ0) is 16.9. The summed E-state index contributed by atoms with van der Waals surface area (Å²) in [5.74, 6) is 2.82. The third-order valence-corrected chi connectivity index (χ3v) is 7.15. The molecule has 5 nitrogen and oxygen atoms in total. The van der Waals surface area contributed by atoms with Gasteiger partial charge in [0.2, 0.25) is 11.8 Å². The maximum absolute atomic E-state index is 13.3. The molecule has 24 heavy (non-hydrogen) atoms. The molecule has 5 aliphatic rings. The normalized spacial score (nSPS) is 39.2. The molecule has 5 fully saturated rings. The zero-order valence-corrected chi connectivity index (χ0v) is 14.9. The highest BCUT2D eigenvalue weighted by Gasteiger charge is 2.55. The molecule has 2 N–H and O–H groups in total. The number of carbonyl (C=O) groups excluding carboxylic acids is 2. The van der Waals surface area contributed by atoms with Gasteiger partial charge >= 0.3 is 0 Å². The quantitative estimate of drug-likeness (QED) is 0.850. The standard InChI is InChI=1S/C19H31N3O2/c1-13(12-20)17(23)21-2-4-22(5-3-21)18(24)19-9-14-6-15(10-19)8-16(7-14)11-19/h13-16H,2-12,20H2,1H3. The molecule has 1 aliphatic heterocycles. The first-order valence-electron chi connectivity index (χ1n) is 9.79. The second-order valence-corrected chi connectivity index (χ2v) is 8.95. The maximum atomic E-state index is 13.3. The molecule has 134 valence electrons. The first kappa shape index (κ1) is 16.4. The summed E-state index contributed by atoms with van der Waals surface area (Å²) in [5, 5.41) is 0.